The van der Waals surface area contributed by atoms with E-state index in [1.54, 1.807) is 0 Å². The smallest absolute Gasteiger partial charge is 0.212 e. The lowest BCUT2D eigenvalue weighted by Gasteiger charge is -2.26. The number of hydrogen-bond donors (Lipinski definition) is 2. The van der Waals surface area contributed by atoms with Crippen LogP contribution in [0.4, 0.5) is 0 Å². The fourth-order valence-electron chi connectivity index (χ4n) is 3.18. The number of piperidine rings is 1. The summed E-state index contributed by atoms with van der Waals surface area (Å²) in [5.41, 5.74) is -0.174. The predicted octanol–water partition coefficient (Wildman–Crippen LogP) is 1.63. The van der Waals surface area contributed by atoms with E-state index in [4.69, 9.17) is 0 Å². The molecule has 2 aliphatic rings. The van der Waals surface area contributed by atoms with Crippen molar-refractivity contribution >= 4 is 10.0 Å². The molecule has 0 bridgehead atoms. The Labute approximate surface area is 111 Å². The molecule has 18 heavy (non-hydrogen) atoms. The summed E-state index contributed by atoms with van der Waals surface area (Å²) in [5, 5.41) is 3.31. The van der Waals surface area contributed by atoms with E-state index in [1.165, 1.54) is 0 Å². The third-order valence-corrected chi connectivity index (χ3v) is 5.94. The summed E-state index contributed by atoms with van der Waals surface area (Å²) in [6, 6.07) is 0. The van der Waals surface area contributed by atoms with Crippen molar-refractivity contribution in [3.63, 3.8) is 0 Å². The minimum atomic E-state index is -3.09. The molecular formula is C13H26N2O2S. The third kappa shape index (κ3) is 4.21. The first-order valence-electron chi connectivity index (χ1n) is 7.22. The Hall–Kier alpha value is -0.130. The fraction of sp³-hybridized carbons (Fsp3) is 1.00. The molecule has 2 fully saturated rings. The molecule has 0 radical (unpaired) electrons. The fourth-order valence-corrected chi connectivity index (χ4v) is 4.88. The molecule has 0 atom stereocenters. The average Bonchev–Trinajstić information content (AvgIpc) is 2.74. The molecule has 0 aromatic heterocycles. The van der Waals surface area contributed by atoms with Crippen LogP contribution in [0, 0.1) is 5.92 Å². The van der Waals surface area contributed by atoms with Gasteiger partial charge in [-0.3, -0.25) is 0 Å². The average molecular weight is 274 g/mol. The Morgan fingerprint density at radius 3 is 2.44 bits per heavy atom. The van der Waals surface area contributed by atoms with Gasteiger partial charge in [-0.15, -0.1) is 0 Å². The van der Waals surface area contributed by atoms with Gasteiger partial charge in [0.15, 0.2) is 0 Å². The molecular weight excluding hydrogens is 248 g/mol. The van der Waals surface area contributed by atoms with Crippen molar-refractivity contribution in [2.75, 3.05) is 18.8 Å². The van der Waals surface area contributed by atoms with Crippen molar-refractivity contribution in [2.45, 2.75) is 57.4 Å². The lowest BCUT2D eigenvalue weighted by Crippen LogP contribution is -2.44. The van der Waals surface area contributed by atoms with E-state index in [0.29, 0.717) is 11.7 Å². The van der Waals surface area contributed by atoms with Gasteiger partial charge >= 0.3 is 0 Å². The molecule has 2 N–H and O–H groups in total. The molecule has 5 heteroatoms. The molecule has 0 aromatic rings. The van der Waals surface area contributed by atoms with Crippen molar-refractivity contribution < 1.29 is 8.42 Å². The highest BCUT2D eigenvalue weighted by Gasteiger charge is 2.32. The van der Waals surface area contributed by atoms with Gasteiger partial charge in [-0.05, 0) is 58.0 Å². The van der Waals surface area contributed by atoms with Gasteiger partial charge in [0, 0.05) is 5.54 Å². The van der Waals surface area contributed by atoms with Crippen molar-refractivity contribution in [3.8, 4) is 0 Å². The Kier molecular flexibility index (Phi) is 4.67. The lowest BCUT2D eigenvalue weighted by molar-refractivity contribution is 0.363. The van der Waals surface area contributed by atoms with Crippen LogP contribution in [0.25, 0.3) is 0 Å². The van der Waals surface area contributed by atoms with Crippen LogP contribution in [0.5, 0.6) is 0 Å². The quantitative estimate of drug-likeness (QED) is 0.801. The Morgan fingerprint density at radius 1 is 1.22 bits per heavy atom. The largest absolute Gasteiger partial charge is 0.317 e. The summed E-state index contributed by atoms with van der Waals surface area (Å²) in [7, 11) is -3.09. The van der Waals surface area contributed by atoms with Gasteiger partial charge in [-0.2, -0.15) is 0 Å². The van der Waals surface area contributed by atoms with E-state index >= 15 is 0 Å². The zero-order chi connectivity index (χ0) is 13.1. The predicted molar refractivity (Wildman–Crippen MR) is 74.0 cm³/mol. The van der Waals surface area contributed by atoms with E-state index in [2.05, 4.69) is 10.0 Å². The Bertz CT molecular complexity index is 355. The van der Waals surface area contributed by atoms with E-state index < -0.39 is 10.0 Å². The molecule has 1 saturated heterocycles. The van der Waals surface area contributed by atoms with Gasteiger partial charge in [0.25, 0.3) is 0 Å². The summed E-state index contributed by atoms with van der Waals surface area (Å²) in [4.78, 5) is 0. The zero-order valence-electron chi connectivity index (χ0n) is 11.4. The topological polar surface area (TPSA) is 58.2 Å². The molecule has 1 aliphatic heterocycles. The molecule has 0 amide bonds. The van der Waals surface area contributed by atoms with Gasteiger partial charge in [0.2, 0.25) is 10.0 Å². The number of hydrogen-bond acceptors (Lipinski definition) is 3. The second-order valence-electron chi connectivity index (χ2n) is 6.17. The normalized spacial score (nSPS) is 25.4. The molecule has 0 unspecified atom stereocenters. The van der Waals surface area contributed by atoms with Crippen LogP contribution in [0.15, 0.2) is 0 Å². The highest BCUT2D eigenvalue weighted by atomic mass is 32.2. The highest BCUT2D eigenvalue weighted by molar-refractivity contribution is 7.89. The van der Waals surface area contributed by atoms with Crippen LogP contribution >= 0.6 is 0 Å². The van der Waals surface area contributed by atoms with E-state index in [9.17, 15) is 8.42 Å². The maximum atomic E-state index is 12.1. The van der Waals surface area contributed by atoms with Crippen LogP contribution < -0.4 is 10.0 Å². The minimum Gasteiger partial charge on any atom is -0.317 e. The van der Waals surface area contributed by atoms with Crippen molar-refractivity contribution in [1.82, 2.24) is 10.0 Å². The van der Waals surface area contributed by atoms with Crippen molar-refractivity contribution in [3.05, 3.63) is 0 Å². The Balaban J connectivity index is 1.79. The lowest BCUT2D eigenvalue weighted by atomic mass is 9.96. The highest BCUT2D eigenvalue weighted by Crippen LogP contribution is 2.29. The molecule has 2 rings (SSSR count). The standard InChI is InChI=1S/C13H26N2O2S/c1-13(7-2-3-8-13)15-18(16,17)11-6-12-4-9-14-10-5-12/h12,14-15H,2-11H2,1H3. The first-order chi connectivity index (χ1) is 8.49. The molecule has 0 aromatic carbocycles. The molecule has 1 aliphatic carbocycles. The third-order valence-electron chi connectivity index (χ3n) is 4.36. The first-order valence-corrected chi connectivity index (χ1v) is 8.87. The maximum Gasteiger partial charge on any atom is 0.212 e. The van der Waals surface area contributed by atoms with Crippen molar-refractivity contribution in [1.29, 1.82) is 0 Å². The van der Waals surface area contributed by atoms with Gasteiger partial charge in [-0.1, -0.05) is 12.8 Å². The summed E-state index contributed by atoms with van der Waals surface area (Å²) >= 11 is 0. The summed E-state index contributed by atoms with van der Waals surface area (Å²) < 4.78 is 27.1. The van der Waals surface area contributed by atoms with Gasteiger partial charge in [0.1, 0.15) is 0 Å². The molecule has 0 spiro atoms. The summed E-state index contributed by atoms with van der Waals surface area (Å²) in [6.07, 6.45) is 7.31. The van der Waals surface area contributed by atoms with Gasteiger partial charge < -0.3 is 5.32 Å². The minimum absolute atomic E-state index is 0.174. The van der Waals surface area contributed by atoms with Gasteiger partial charge in [0.05, 0.1) is 5.75 Å². The molecule has 4 nitrogen and oxygen atoms in total. The second kappa shape index (κ2) is 5.88. The molecule has 106 valence electrons. The summed E-state index contributed by atoms with van der Waals surface area (Å²) in [6.45, 7) is 4.12. The van der Waals surface area contributed by atoms with Crippen LogP contribution in [-0.2, 0) is 10.0 Å². The monoisotopic (exact) mass is 274 g/mol. The van der Waals surface area contributed by atoms with Crippen LogP contribution in [-0.4, -0.2) is 32.8 Å². The van der Waals surface area contributed by atoms with E-state index in [-0.39, 0.29) is 5.54 Å². The van der Waals surface area contributed by atoms with E-state index in [0.717, 1.165) is 58.0 Å². The summed E-state index contributed by atoms with van der Waals surface area (Å²) in [5.74, 6) is 0.881. The second-order valence-corrected chi connectivity index (χ2v) is 8.01. The van der Waals surface area contributed by atoms with Crippen LogP contribution in [0.2, 0.25) is 0 Å². The number of nitrogens with one attached hydrogen (secondary N) is 2. The Morgan fingerprint density at radius 2 is 1.83 bits per heavy atom. The molecule has 1 saturated carbocycles. The van der Waals surface area contributed by atoms with Gasteiger partial charge in [-0.25, -0.2) is 13.1 Å². The zero-order valence-corrected chi connectivity index (χ0v) is 12.2. The first kappa shape index (κ1) is 14.3. The maximum absolute atomic E-state index is 12.1. The van der Waals surface area contributed by atoms with E-state index in [1.807, 2.05) is 6.92 Å². The van der Waals surface area contributed by atoms with Crippen LogP contribution in [0.3, 0.4) is 0 Å². The SMILES string of the molecule is CC1(NS(=O)(=O)CCC2CCNCC2)CCCC1. The molecule has 1 heterocycles. The van der Waals surface area contributed by atoms with Crippen molar-refractivity contribution in [2.24, 2.45) is 5.92 Å². The number of sulfonamides is 1. The van der Waals surface area contributed by atoms with Crippen LogP contribution in [0.1, 0.15) is 51.9 Å². The number of rotatable bonds is 5.